The third-order valence-electron chi connectivity index (χ3n) is 3.46. The van der Waals surface area contributed by atoms with Gasteiger partial charge in [-0.2, -0.15) is 5.10 Å². The number of hydrogen-bond donors (Lipinski definition) is 1. The molecule has 1 amide bonds. The van der Waals surface area contributed by atoms with Crippen LogP contribution in [0.1, 0.15) is 16.1 Å². The van der Waals surface area contributed by atoms with Crippen molar-refractivity contribution >= 4 is 11.4 Å². The normalized spacial score (nSPS) is 10.6. The van der Waals surface area contributed by atoms with Crippen molar-refractivity contribution in [3.63, 3.8) is 0 Å². The Morgan fingerprint density at radius 1 is 1.23 bits per heavy atom. The Bertz CT molecular complexity index is 745. The molecule has 0 fully saturated rings. The molecule has 1 aromatic carbocycles. The van der Waals surface area contributed by atoms with Gasteiger partial charge in [0.1, 0.15) is 5.75 Å². The van der Waals surface area contributed by atoms with Crippen LogP contribution in [0.15, 0.2) is 54.7 Å². The summed E-state index contributed by atoms with van der Waals surface area (Å²) in [7, 11) is 1.64. The number of nitrogens with one attached hydrogen (secondary N) is 1. The molecule has 2 aromatic heterocycles. The van der Waals surface area contributed by atoms with Crippen LogP contribution in [-0.2, 0) is 6.42 Å². The highest BCUT2D eigenvalue weighted by atomic mass is 16.5. The van der Waals surface area contributed by atoms with Gasteiger partial charge in [0.15, 0.2) is 5.69 Å². The quantitative estimate of drug-likeness (QED) is 0.786. The van der Waals surface area contributed by atoms with Gasteiger partial charge in [0.25, 0.3) is 5.91 Å². The zero-order valence-electron chi connectivity index (χ0n) is 12.3. The van der Waals surface area contributed by atoms with E-state index in [2.05, 4.69) is 10.4 Å². The number of carbonyl (C=O) groups is 1. The van der Waals surface area contributed by atoms with Crippen LogP contribution in [0.3, 0.4) is 0 Å². The largest absolute Gasteiger partial charge is 0.497 e. The number of pyridine rings is 1. The highest BCUT2D eigenvalue weighted by molar-refractivity contribution is 5.93. The molecule has 0 saturated heterocycles. The van der Waals surface area contributed by atoms with Gasteiger partial charge < -0.3 is 10.1 Å². The average Bonchev–Trinajstić information content (AvgIpc) is 2.99. The molecule has 0 saturated carbocycles. The van der Waals surface area contributed by atoms with Gasteiger partial charge in [-0.1, -0.05) is 18.2 Å². The molecular weight excluding hydrogens is 278 g/mol. The molecule has 3 rings (SSSR count). The minimum absolute atomic E-state index is 0.155. The number of nitrogens with zero attached hydrogens (tertiary/aromatic N) is 2. The Morgan fingerprint density at radius 3 is 2.77 bits per heavy atom. The van der Waals surface area contributed by atoms with Crippen LogP contribution in [0.2, 0.25) is 0 Å². The van der Waals surface area contributed by atoms with E-state index in [0.717, 1.165) is 23.3 Å². The van der Waals surface area contributed by atoms with Crippen molar-refractivity contribution in [2.75, 3.05) is 13.7 Å². The van der Waals surface area contributed by atoms with E-state index in [1.165, 1.54) is 0 Å². The smallest absolute Gasteiger partial charge is 0.271 e. The van der Waals surface area contributed by atoms with Crippen LogP contribution >= 0.6 is 0 Å². The molecule has 1 N–H and O–H groups in total. The maximum Gasteiger partial charge on any atom is 0.271 e. The molecule has 0 unspecified atom stereocenters. The molecule has 3 aromatic rings. The van der Waals surface area contributed by atoms with Gasteiger partial charge >= 0.3 is 0 Å². The highest BCUT2D eigenvalue weighted by Gasteiger charge is 2.09. The van der Waals surface area contributed by atoms with Gasteiger partial charge in [-0.25, -0.2) is 4.52 Å². The Labute approximate surface area is 128 Å². The second kappa shape index (κ2) is 6.30. The first kappa shape index (κ1) is 14.1. The highest BCUT2D eigenvalue weighted by Crippen LogP contribution is 2.11. The summed E-state index contributed by atoms with van der Waals surface area (Å²) < 4.78 is 6.81. The summed E-state index contributed by atoms with van der Waals surface area (Å²) in [5.41, 5.74) is 2.49. The molecule has 5 nitrogen and oxygen atoms in total. The fourth-order valence-electron chi connectivity index (χ4n) is 2.25. The Kier molecular flexibility index (Phi) is 4.05. The number of rotatable bonds is 5. The van der Waals surface area contributed by atoms with Gasteiger partial charge in [-0.05, 0) is 42.3 Å². The first-order valence-corrected chi connectivity index (χ1v) is 7.12. The minimum atomic E-state index is -0.155. The van der Waals surface area contributed by atoms with Crippen LogP contribution in [-0.4, -0.2) is 29.2 Å². The summed E-state index contributed by atoms with van der Waals surface area (Å²) in [6.45, 7) is 0.568. The Morgan fingerprint density at radius 2 is 2.05 bits per heavy atom. The van der Waals surface area contributed by atoms with Gasteiger partial charge in [0.05, 0.1) is 12.6 Å². The molecule has 0 bridgehead atoms. The number of benzene rings is 1. The molecule has 0 aliphatic heterocycles. The van der Waals surface area contributed by atoms with Crippen molar-refractivity contribution in [3.8, 4) is 5.75 Å². The lowest BCUT2D eigenvalue weighted by Crippen LogP contribution is -2.26. The zero-order chi connectivity index (χ0) is 15.4. The second-order valence-corrected chi connectivity index (χ2v) is 4.95. The number of methoxy groups -OCH3 is 1. The first-order valence-electron chi connectivity index (χ1n) is 7.12. The molecule has 0 aliphatic carbocycles. The van der Waals surface area contributed by atoms with Gasteiger partial charge in [0, 0.05) is 12.7 Å². The molecule has 0 spiro atoms. The fraction of sp³-hybridized carbons (Fsp3) is 0.176. The summed E-state index contributed by atoms with van der Waals surface area (Å²) in [6.07, 6.45) is 2.59. The lowest BCUT2D eigenvalue weighted by molar-refractivity contribution is 0.0949. The molecule has 5 heteroatoms. The summed E-state index contributed by atoms with van der Waals surface area (Å²) in [6, 6.07) is 15.3. The van der Waals surface area contributed by atoms with Crippen molar-refractivity contribution < 1.29 is 9.53 Å². The fourth-order valence-corrected chi connectivity index (χ4v) is 2.25. The Hall–Kier alpha value is -2.82. The predicted octanol–water partition coefficient (Wildman–Crippen LogP) is 2.32. The number of hydrogen-bond acceptors (Lipinski definition) is 3. The van der Waals surface area contributed by atoms with E-state index in [1.807, 2.05) is 48.7 Å². The summed E-state index contributed by atoms with van der Waals surface area (Å²) in [5.74, 6) is 0.676. The number of ether oxygens (including phenoxy) is 1. The summed E-state index contributed by atoms with van der Waals surface area (Å²) >= 11 is 0. The molecule has 0 radical (unpaired) electrons. The SMILES string of the molecule is COc1ccc(CCNC(=O)c2cc3ccccn3n2)cc1. The maximum absolute atomic E-state index is 12.1. The van der Waals surface area contributed by atoms with Crippen molar-refractivity contribution in [1.82, 2.24) is 14.9 Å². The van der Waals surface area contributed by atoms with Crippen LogP contribution in [0.5, 0.6) is 5.75 Å². The maximum atomic E-state index is 12.1. The van der Waals surface area contributed by atoms with E-state index in [9.17, 15) is 4.79 Å². The number of aromatic nitrogens is 2. The van der Waals surface area contributed by atoms with Crippen molar-refractivity contribution in [1.29, 1.82) is 0 Å². The third-order valence-corrected chi connectivity index (χ3v) is 3.46. The van der Waals surface area contributed by atoms with Crippen LogP contribution in [0.25, 0.3) is 5.52 Å². The lowest BCUT2D eigenvalue weighted by atomic mass is 10.1. The molecular formula is C17H17N3O2. The standard InChI is InChI=1S/C17H17N3O2/c1-22-15-7-5-13(6-8-15)9-10-18-17(21)16-12-14-4-2-3-11-20(14)19-16/h2-8,11-12H,9-10H2,1H3,(H,18,21). The Balaban J connectivity index is 1.57. The van der Waals surface area contributed by atoms with Crippen LogP contribution in [0.4, 0.5) is 0 Å². The van der Waals surface area contributed by atoms with E-state index in [-0.39, 0.29) is 5.91 Å². The predicted molar refractivity (Wildman–Crippen MR) is 84.2 cm³/mol. The van der Waals surface area contributed by atoms with E-state index >= 15 is 0 Å². The number of fused-ring (bicyclic) bond motifs is 1. The van der Waals surface area contributed by atoms with Gasteiger partial charge in [0.2, 0.25) is 0 Å². The topological polar surface area (TPSA) is 55.6 Å². The van der Waals surface area contributed by atoms with Crippen molar-refractivity contribution in [2.24, 2.45) is 0 Å². The van der Waals surface area contributed by atoms with E-state index in [4.69, 9.17) is 4.74 Å². The van der Waals surface area contributed by atoms with Crippen LogP contribution < -0.4 is 10.1 Å². The molecule has 2 heterocycles. The van der Waals surface area contributed by atoms with Crippen molar-refractivity contribution in [3.05, 3.63) is 66.0 Å². The molecule has 22 heavy (non-hydrogen) atoms. The van der Waals surface area contributed by atoms with E-state index < -0.39 is 0 Å². The van der Waals surface area contributed by atoms with Gasteiger partial charge in [-0.15, -0.1) is 0 Å². The average molecular weight is 295 g/mol. The number of carbonyl (C=O) groups excluding carboxylic acids is 1. The van der Waals surface area contributed by atoms with E-state index in [0.29, 0.717) is 12.2 Å². The monoisotopic (exact) mass is 295 g/mol. The zero-order valence-corrected chi connectivity index (χ0v) is 12.3. The first-order chi connectivity index (χ1) is 10.8. The molecule has 112 valence electrons. The third kappa shape index (κ3) is 3.09. The second-order valence-electron chi connectivity index (χ2n) is 4.95. The minimum Gasteiger partial charge on any atom is -0.497 e. The lowest BCUT2D eigenvalue weighted by Gasteiger charge is -2.04. The summed E-state index contributed by atoms with van der Waals surface area (Å²) in [5, 5.41) is 7.14. The van der Waals surface area contributed by atoms with Crippen LogP contribution in [0, 0.1) is 0 Å². The number of amides is 1. The summed E-state index contributed by atoms with van der Waals surface area (Å²) in [4.78, 5) is 12.1. The van der Waals surface area contributed by atoms with E-state index in [1.54, 1.807) is 17.7 Å². The van der Waals surface area contributed by atoms with Crippen molar-refractivity contribution in [2.45, 2.75) is 6.42 Å². The van der Waals surface area contributed by atoms with Gasteiger partial charge in [-0.3, -0.25) is 4.79 Å². The molecule has 0 atom stereocenters. The molecule has 0 aliphatic rings.